The van der Waals surface area contributed by atoms with Crippen molar-refractivity contribution in [3.8, 4) is 0 Å². The number of anilines is 1. The minimum absolute atomic E-state index is 0.317. The van der Waals surface area contributed by atoms with Crippen LogP contribution in [0.15, 0.2) is 66.4 Å². The molecular formula is C21H22BN2+. The predicted molar refractivity (Wildman–Crippen MR) is 104 cm³/mol. The molecule has 0 atom stereocenters. The minimum atomic E-state index is 0.317. The van der Waals surface area contributed by atoms with E-state index in [9.17, 15) is 0 Å². The summed E-state index contributed by atoms with van der Waals surface area (Å²) in [4.78, 5) is 2.46. The molecule has 0 aliphatic carbocycles. The summed E-state index contributed by atoms with van der Waals surface area (Å²) in [5, 5.41) is 1.27. The summed E-state index contributed by atoms with van der Waals surface area (Å²) in [5.41, 5.74) is 6.71. The van der Waals surface area contributed by atoms with Gasteiger partial charge in [0.1, 0.15) is 5.52 Å². The highest BCUT2D eigenvalue weighted by Crippen LogP contribution is 2.29. The zero-order chi connectivity index (χ0) is 16.8. The van der Waals surface area contributed by atoms with Crippen LogP contribution in [0.4, 0.5) is 5.82 Å². The van der Waals surface area contributed by atoms with Gasteiger partial charge in [0.25, 0.3) is 5.82 Å². The number of allylic oxidation sites excluding steroid dienone is 2. The van der Waals surface area contributed by atoms with E-state index in [0.29, 0.717) is 6.85 Å². The molecule has 0 saturated heterocycles. The van der Waals surface area contributed by atoms with Crippen LogP contribution in [0.5, 0.6) is 0 Å². The molecule has 24 heavy (non-hydrogen) atoms. The molecule has 3 heteroatoms. The largest absolute Gasteiger partial charge is 0.409 e. The van der Waals surface area contributed by atoms with Gasteiger partial charge in [0.05, 0.1) is 12.7 Å². The normalized spacial score (nSPS) is 14.3. The minimum Gasteiger partial charge on any atom is -0.290 e. The molecule has 0 saturated carbocycles. The van der Waals surface area contributed by atoms with Crippen LogP contribution in [0.1, 0.15) is 19.4 Å². The van der Waals surface area contributed by atoms with E-state index < -0.39 is 0 Å². The Balaban J connectivity index is 1.95. The van der Waals surface area contributed by atoms with Crippen LogP contribution in [0, 0.1) is 0 Å². The summed E-state index contributed by atoms with van der Waals surface area (Å²) in [5.74, 6) is 1.23. The maximum absolute atomic E-state index is 2.46. The number of pyridine rings is 1. The van der Waals surface area contributed by atoms with Gasteiger partial charge in [0, 0.05) is 11.5 Å². The third-order valence-corrected chi connectivity index (χ3v) is 5.41. The molecule has 1 aliphatic rings. The van der Waals surface area contributed by atoms with Gasteiger partial charge in [-0.25, -0.2) is 4.57 Å². The SMILES string of the molecule is CB1c2ccccc2C(C)=C(C)N1c1ccc2ccccc2[n+]1C. The molecule has 2 aromatic carbocycles. The lowest BCUT2D eigenvalue weighted by Crippen LogP contribution is -2.53. The lowest BCUT2D eigenvalue weighted by Gasteiger charge is -2.31. The number of benzene rings is 2. The Labute approximate surface area is 144 Å². The molecule has 2 heterocycles. The average Bonchev–Trinajstić information content (AvgIpc) is 2.62. The highest BCUT2D eigenvalue weighted by atomic mass is 15.2. The third kappa shape index (κ3) is 2.08. The first-order chi connectivity index (χ1) is 11.6. The fourth-order valence-corrected chi connectivity index (χ4v) is 3.95. The zero-order valence-electron chi connectivity index (χ0n) is 14.7. The summed E-state index contributed by atoms with van der Waals surface area (Å²) in [6.07, 6.45) is 0. The topological polar surface area (TPSA) is 7.12 Å². The van der Waals surface area contributed by atoms with E-state index in [1.165, 1.54) is 39.0 Å². The number of aromatic nitrogens is 1. The second-order valence-corrected chi connectivity index (χ2v) is 6.65. The molecule has 0 bridgehead atoms. The average molecular weight is 313 g/mol. The molecule has 1 aliphatic heterocycles. The van der Waals surface area contributed by atoms with Gasteiger partial charge in [0.15, 0.2) is 0 Å². The Morgan fingerprint density at radius 1 is 0.875 bits per heavy atom. The number of hydrogen-bond donors (Lipinski definition) is 0. The predicted octanol–water partition coefficient (Wildman–Crippen LogP) is 3.76. The zero-order valence-corrected chi connectivity index (χ0v) is 14.7. The van der Waals surface area contributed by atoms with Crippen molar-refractivity contribution in [1.82, 2.24) is 0 Å². The Morgan fingerprint density at radius 3 is 2.42 bits per heavy atom. The van der Waals surface area contributed by atoms with Crippen LogP contribution in [-0.2, 0) is 7.05 Å². The van der Waals surface area contributed by atoms with Gasteiger partial charge < -0.3 is 0 Å². The van der Waals surface area contributed by atoms with Crippen molar-refractivity contribution in [2.24, 2.45) is 7.05 Å². The first kappa shape index (κ1) is 15.0. The van der Waals surface area contributed by atoms with Crippen LogP contribution in [0.25, 0.3) is 16.5 Å². The molecule has 0 fully saturated rings. The van der Waals surface area contributed by atoms with Crippen molar-refractivity contribution in [3.63, 3.8) is 0 Å². The Kier molecular flexibility index (Phi) is 3.45. The van der Waals surface area contributed by atoms with Gasteiger partial charge in [-0.15, -0.1) is 0 Å². The second-order valence-electron chi connectivity index (χ2n) is 6.65. The quantitative estimate of drug-likeness (QED) is 0.490. The van der Waals surface area contributed by atoms with E-state index in [4.69, 9.17) is 0 Å². The van der Waals surface area contributed by atoms with Crippen molar-refractivity contribution < 1.29 is 4.57 Å². The summed E-state index contributed by atoms with van der Waals surface area (Å²) in [6, 6.07) is 21.8. The monoisotopic (exact) mass is 313 g/mol. The van der Waals surface area contributed by atoms with Crippen LogP contribution >= 0.6 is 0 Å². The molecule has 0 amide bonds. The summed E-state index contributed by atoms with van der Waals surface area (Å²) >= 11 is 0. The summed E-state index contributed by atoms with van der Waals surface area (Å²) in [7, 11) is 2.16. The molecule has 118 valence electrons. The van der Waals surface area contributed by atoms with E-state index >= 15 is 0 Å². The van der Waals surface area contributed by atoms with Crippen molar-refractivity contribution in [1.29, 1.82) is 0 Å². The van der Waals surface area contributed by atoms with Gasteiger partial charge in [-0.3, -0.25) is 4.81 Å². The van der Waals surface area contributed by atoms with Crippen molar-refractivity contribution in [2.45, 2.75) is 20.7 Å². The van der Waals surface area contributed by atoms with E-state index in [1.54, 1.807) is 0 Å². The van der Waals surface area contributed by atoms with Crippen molar-refractivity contribution in [2.75, 3.05) is 4.81 Å². The van der Waals surface area contributed by atoms with Crippen LogP contribution < -0.4 is 14.8 Å². The maximum atomic E-state index is 2.46. The smallest absolute Gasteiger partial charge is 0.290 e. The fraction of sp³-hybridized carbons (Fsp3) is 0.190. The molecule has 0 radical (unpaired) electrons. The lowest BCUT2D eigenvalue weighted by atomic mass is 9.52. The molecular weight excluding hydrogens is 291 g/mol. The highest BCUT2D eigenvalue weighted by molar-refractivity contribution is 6.77. The highest BCUT2D eigenvalue weighted by Gasteiger charge is 2.38. The van der Waals surface area contributed by atoms with E-state index in [0.717, 1.165) is 0 Å². The number of fused-ring (bicyclic) bond motifs is 2. The number of nitrogens with zero attached hydrogens (tertiary/aromatic N) is 2. The van der Waals surface area contributed by atoms with Gasteiger partial charge in [-0.2, -0.15) is 0 Å². The van der Waals surface area contributed by atoms with Crippen molar-refractivity contribution in [3.05, 3.63) is 71.9 Å². The first-order valence-electron chi connectivity index (χ1n) is 8.53. The van der Waals surface area contributed by atoms with Crippen molar-refractivity contribution >= 4 is 34.6 Å². The fourth-order valence-electron chi connectivity index (χ4n) is 3.95. The number of aryl methyl sites for hydroxylation is 1. The first-order valence-corrected chi connectivity index (χ1v) is 8.53. The van der Waals surface area contributed by atoms with E-state index in [2.05, 4.69) is 97.8 Å². The molecule has 0 unspecified atom stereocenters. The van der Waals surface area contributed by atoms with E-state index in [-0.39, 0.29) is 0 Å². The number of para-hydroxylation sites is 1. The Bertz CT molecular complexity index is 974. The molecule has 1 aromatic heterocycles. The molecule has 0 N–H and O–H groups in total. The second kappa shape index (κ2) is 5.52. The summed E-state index contributed by atoms with van der Waals surface area (Å²) in [6.45, 7) is 7.08. The summed E-state index contributed by atoms with van der Waals surface area (Å²) < 4.78 is 2.30. The van der Waals surface area contributed by atoms with Gasteiger partial charge in [-0.05, 0) is 49.4 Å². The Morgan fingerprint density at radius 2 is 1.58 bits per heavy atom. The molecule has 4 rings (SSSR count). The lowest BCUT2D eigenvalue weighted by molar-refractivity contribution is -0.631. The maximum Gasteiger partial charge on any atom is 0.409 e. The van der Waals surface area contributed by atoms with Crippen LogP contribution in [0.3, 0.4) is 0 Å². The molecule has 3 aromatic rings. The number of hydrogen-bond acceptors (Lipinski definition) is 1. The van der Waals surface area contributed by atoms with Gasteiger partial charge >= 0.3 is 6.85 Å². The van der Waals surface area contributed by atoms with Crippen LogP contribution in [0.2, 0.25) is 6.82 Å². The van der Waals surface area contributed by atoms with Crippen LogP contribution in [-0.4, -0.2) is 6.85 Å². The molecule has 0 spiro atoms. The number of rotatable bonds is 1. The molecule has 2 nitrogen and oxygen atoms in total. The van der Waals surface area contributed by atoms with Gasteiger partial charge in [0.2, 0.25) is 0 Å². The third-order valence-electron chi connectivity index (χ3n) is 5.41. The standard InChI is InChI=1S/C21H22BN2/c1-15-16(2)24(22(3)19-11-7-6-10-18(15)19)21-14-13-17-9-5-8-12-20(17)23(21)4/h5-14H,1-4H3/q+1. The van der Waals surface area contributed by atoms with E-state index in [1.807, 2.05) is 0 Å². The Hall–Kier alpha value is -2.55. The van der Waals surface area contributed by atoms with Gasteiger partial charge in [-0.1, -0.05) is 42.5 Å².